The van der Waals surface area contributed by atoms with E-state index < -0.39 is 12.2 Å². The summed E-state index contributed by atoms with van der Waals surface area (Å²) in [6, 6.07) is 41.8. The number of nitrogens with zero attached hydrogens (tertiary/aromatic N) is 3. The Balaban J connectivity index is 0.828. The maximum absolute atomic E-state index is 12.8. The van der Waals surface area contributed by atoms with E-state index in [0.717, 1.165) is 110 Å². The van der Waals surface area contributed by atoms with E-state index in [1.807, 2.05) is 109 Å². The minimum absolute atomic E-state index is 0.123. The predicted molar refractivity (Wildman–Crippen MR) is 205 cm³/mol. The van der Waals surface area contributed by atoms with Crippen molar-refractivity contribution in [3.05, 3.63) is 139 Å². The summed E-state index contributed by atoms with van der Waals surface area (Å²) in [5.41, 5.74) is 7.57. The molecule has 266 valence electrons. The third kappa shape index (κ3) is 9.42. The van der Waals surface area contributed by atoms with Gasteiger partial charge in [0.2, 0.25) is 0 Å². The molecule has 0 bridgehead atoms. The molecule has 2 aliphatic rings. The fraction of sp³-hybridized carbons (Fsp3) is 0.279. The monoisotopic (exact) mass is 695 g/mol. The quantitative estimate of drug-likeness (QED) is 0.151. The molecule has 52 heavy (non-hydrogen) atoms. The van der Waals surface area contributed by atoms with Crippen LogP contribution in [-0.2, 0) is 22.6 Å². The van der Waals surface area contributed by atoms with Crippen LogP contribution in [0.15, 0.2) is 127 Å². The van der Waals surface area contributed by atoms with Gasteiger partial charge in [-0.05, 0) is 61.1 Å². The molecular weight excluding hydrogens is 651 g/mol. The highest BCUT2D eigenvalue weighted by atomic mass is 16.6. The molecule has 0 unspecified atom stereocenters. The summed E-state index contributed by atoms with van der Waals surface area (Å²) in [4.78, 5) is 35.4. The third-order valence-electron chi connectivity index (χ3n) is 9.75. The Morgan fingerprint density at radius 1 is 0.519 bits per heavy atom. The Kier molecular flexibility index (Phi) is 11.5. The van der Waals surface area contributed by atoms with Crippen molar-refractivity contribution >= 4 is 23.6 Å². The molecule has 5 aromatic rings. The van der Waals surface area contributed by atoms with Crippen molar-refractivity contribution in [2.24, 2.45) is 0 Å². The average Bonchev–Trinajstić information content (AvgIpc) is 3.18. The van der Waals surface area contributed by atoms with Gasteiger partial charge in [0.15, 0.2) is 0 Å². The largest absolute Gasteiger partial charge is 0.446 e. The predicted octanol–water partition coefficient (Wildman–Crippen LogP) is 8.84. The highest BCUT2D eigenvalue weighted by Gasteiger charge is 2.25. The Morgan fingerprint density at radius 3 is 1.33 bits per heavy atom. The zero-order valence-electron chi connectivity index (χ0n) is 29.3. The molecule has 9 heteroatoms. The van der Waals surface area contributed by atoms with E-state index in [2.05, 4.69) is 38.6 Å². The Morgan fingerprint density at radius 2 is 0.904 bits per heavy atom. The van der Waals surface area contributed by atoms with E-state index in [0.29, 0.717) is 0 Å². The fourth-order valence-electron chi connectivity index (χ4n) is 7.04. The molecule has 0 atom stereocenters. The van der Waals surface area contributed by atoms with E-state index in [9.17, 15) is 9.59 Å². The van der Waals surface area contributed by atoms with Crippen LogP contribution in [0.25, 0.3) is 22.3 Å². The lowest BCUT2D eigenvalue weighted by Crippen LogP contribution is -2.38. The number of likely N-dealkylation sites (tertiary alicyclic amines) is 2. The Bertz CT molecular complexity index is 1790. The first kappa shape index (κ1) is 34.9. The molecule has 2 fully saturated rings. The molecule has 4 aromatic carbocycles. The number of ether oxygens (including phenoxy) is 2. The van der Waals surface area contributed by atoms with Crippen molar-refractivity contribution in [1.29, 1.82) is 0 Å². The number of pyridine rings is 1. The van der Waals surface area contributed by atoms with Crippen LogP contribution in [0.4, 0.5) is 21.0 Å². The maximum atomic E-state index is 12.8. The van der Waals surface area contributed by atoms with Crippen LogP contribution in [0.5, 0.6) is 0 Å². The molecule has 2 N–H and O–H groups in total. The summed E-state index contributed by atoms with van der Waals surface area (Å²) in [5, 5.41) is 5.92. The van der Waals surface area contributed by atoms with E-state index in [1.54, 1.807) is 0 Å². The minimum Gasteiger partial charge on any atom is -0.446 e. The first-order chi connectivity index (χ1) is 25.6. The van der Waals surface area contributed by atoms with Crippen molar-refractivity contribution in [3.8, 4) is 22.3 Å². The van der Waals surface area contributed by atoms with E-state index in [4.69, 9.17) is 14.5 Å². The number of nitrogens with one attached hydrogen (secondary N) is 2. The number of benzene rings is 4. The Labute approximate surface area is 305 Å². The summed E-state index contributed by atoms with van der Waals surface area (Å²) in [6.07, 6.45) is 2.04. The summed E-state index contributed by atoms with van der Waals surface area (Å²) in [6.45, 7) is 4.87. The Hall–Kier alpha value is -5.51. The van der Waals surface area contributed by atoms with Crippen molar-refractivity contribution in [3.63, 3.8) is 0 Å². The third-order valence-corrected chi connectivity index (χ3v) is 9.75. The number of carbonyl (C=O) groups excluding carboxylic acids is 2. The number of aromatic nitrogens is 1. The van der Waals surface area contributed by atoms with Crippen LogP contribution in [0.2, 0.25) is 0 Å². The first-order valence-corrected chi connectivity index (χ1v) is 18.2. The smallest absolute Gasteiger partial charge is 0.411 e. The molecule has 7 rings (SSSR count). The van der Waals surface area contributed by atoms with Crippen LogP contribution < -0.4 is 10.6 Å². The second kappa shape index (κ2) is 17.1. The summed E-state index contributed by atoms with van der Waals surface area (Å²) >= 11 is 0. The number of carbonyl (C=O) groups is 2. The summed E-state index contributed by atoms with van der Waals surface area (Å²) in [7, 11) is 0. The molecule has 0 aliphatic carbocycles. The van der Waals surface area contributed by atoms with Crippen molar-refractivity contribution in [2.75, 3.05) is 36.8 Å². The van der Waals surface area contributed by atoms with E-state index >= 15 is 0 Å². The second-order valence-electron chi connectivity index (χ2n) is 13.5. The van der Waals surface area contributed by atoms with Crippen LogP contribution >= 0.6 is 0 Å². The van der Waals surface area contributed by atoms with Crippen molar-refractivity contribution in [2.45, 2.75) is 51.0 Å². The van der Waals surface area contributed by atoms with Gasteiger partial charge in [-0.15, -0.1) is 0 Å². The van der Waals surface area contributed by atoms with Crippen molar-refractivity contribution < 1.29 is 19.1 Å². The lowest BCUT2D eigenvalue weighted by Gasteiger charge is -2.32. The van der Waals surface area contributed by atoms with Crippen molar-refractivity contribution in [1.82, 2.24) is 14.8 Å². The molecule has 2 amide bonds. The highest BCUT2D eigenvalue weighted by molar-refractivity contribution is 5.92. The second-order valence-corrected chi connectivity index (χ2v) is 13.5. The molecule has 9 nitrogen and oxygen atoms in total. The first-order valence-electron chi connectivity index (χ1n) is 18.2. The summed E-state index contributed by atoms with van der Waals surface area (Å²) in [5.74, 6) is 0. The van der Waals surface area contributed by atoms with Gasteiger partial charge in [-0.3, -0.25) is 25.4 Å². The normalized spacial score (nSPS) is 15.8. The number of amides is 2. The highest BCUT2D eigenvalue weighted by Crippen LogP contribution is 2.29. The number of piperidine rings is 2. The number of anilines is 2. The number of rotatable bonds is 10. The topological polar surface area (TPSA) is 96.0 Å². The number of para-hydroxylation sites is 2. The fourth-order valence-corrected chi connectivity index (χ4v) is 7.04. The van der Waals surface area contributed by atoms with Gasteiger partial charge in [0.05, 0.1) is 22.8 Å². The molecule has 0 radical (unpaired) electrons. The van der Waals surface area contributed by atoms with Gasteiger partial charge in [0.1, 0.15) is 12.2 Å². The number of hydrogen-bond donors (Lipinski definition) is 2. The van der Waals surface area contributed by atoms with Crippen LogP contribution in [0.1, 0.15) is 37.1 Å². The standard InChI is InChI=1S/C43H45N5O4/c49-42(45-40-20-9-7-18-38(40)32-12-3-1-4-13-32)51-36-22-26-47(27-23-36)30-34-16-11-17-35(44-34)31-48-28-24-37(25-29-48)52-43(50)46-41-21-10-8-19-39(41)33-14-5-2-6-15-33/h1-21,36-37H,22-31H2,(H,45,49)(H,46,50). The molecule has 1 aromatic heterocycles. The number of hydrogen-bond acceptors (Lipinski definition) is 7. The van der Waals surface area contributed by atoms with E-state index in [-0.39, 0.29) is 12.2 Å². The minimum atomic E-state index is -0.417. The van der Waals surface area contributed by atoms with Crippen LogP contribution in [-0.4, -0.2) is 65.4 Å². The van der Waals surface area contributed by atoms with Gasteiger partial charge in [-0.2, -0.15) is 0 Å². The molecule has 0 spiro atoms. The molecule has 0 saturated carbocycles. The molecule has 2 saturated heterocycles. The molecule has 3 heterocycles. The van der Waals surface area contributed by atoms with Gasteiger partial charge in [-0.1, -0.05) is 103 Å². The van der Waals surface area contributed by atoms with E-state index in [1.165, 1.54) is 0 Å². The molecule has 2 aliphatic heterocycles. The lowest BCUT2D eigenvalue weighted by atomic mass is 10.0. The average molecular weight is 696 g/mol. The van der Waals surface area contributed by atoms with Crippen LogP contribution in [0, 0.1) is 0 Å². The maximum Gasteiger partial charge on any atom is 0.411 e. The molecular formula is C43H45N5O4. The SMILES string of the molecule is O=C(Nc1ccccc1-c1ccccc1)OC1CCN(Cc2cccc(CN3CCC(OC(=O)Nc4ccccc4-c4ccccc4)CC3)n2)CC1. The van der Waals surface area contributed by atoms with Gasteiger partial charge < -0.3 is 9.47 Å². The van der Waals surface area contributed by atoms with Gasteiger partial charge in [0.25, 0.3) is 0 Å². The van der Waals surface area contributed by atoms with Gasteiger partial charge >= 0.3 is 12.2 Å². The zero-order valence-corrected chi connectivity index (χ0v) is 29.3. The lowest BCUT2D eigenvalue weighted by molar-refractivity contribution is 0.0558. The van der Waals surface area contributed by atoms with Gasteiger partial charge in [0, 0.05) is 50.4 Å². The van der Waals surface area contributed by atoms with Gasteiger partial charge in [-0.25, -0.2) is 9.59 Å². The zero-order chi connectivity index (χ0) is 35.5. The summed E-state index contributed by atoms with van der Waals surface area (Å²) < 4.78 is 11.7. The van der Waals surface area contributed by atoms with Crippen LogP contribution in [0.3, 0.4) is 0 Å².